The van der Waals surface area contributed by atoms with Gasteiger partial charge in [-0.25, -0.2) is 13.1 Å². The van der Waals surface area contributed by atoms with E-state index in [-0.39, 0.29) is 27.8 Å². The molecule has 0 bridgehead atoms. The van der Waals surface area contributed by atoms with Gasteiger partial charge in [-0.1, -0.05) is 53.5 Å². The number of nitrogens with one attached hydrogen (secondary N) is 2. The molecule has 30 heavy (non-hydrogen) atoms. The number of Topliss-reactive ketones (excluding diaryl/α,β-unsaturated/α-hetero) is 1. The Morgan fingerprint density at radius 3 is 2.17 bits per heavy atom. The number of benzene rings is 3. The maximum Gasteiger partial charge on any atom is 0.257 e. The molecule has 3 rings (SSSR count). The second-order valence-corrected chi connectivity index (χ2v) is 8.83. The highest BCUT2D eigenvalue weighted by Gasteiger charge is 2.17. The zero-order chi connectivity index (χ0) is 21.7. The average molecular weight is 463 g/mol. The van der Waals surface area contributed by atoms with E-state index in [0.717, 1.165) is 0 Å². The summed E-state index contributed by atoms with van der Waals surface area (Å²) in [6, 6.07) is 18.4. The van der Waals surface area contributed by atoms with E-state index in [4.69, 9.17) is 23.2 Å². The van der Waals surface area contributed by atoms with Gasteiger partial charge in [-0.05, 0) is 42.5 Å². The van der Waals surface area contributed by atoms with E-state index in [9.17, 15) is 18.0 Å². The van der Waals surface area contributed by atoms with E-state index < -0.39 is 15.9 Å². The second-order valence-electron chi connectivity index (χ2n) is 6.22. The number of halogens is 2. The first kappa shape index (κ1) is 22.0. The van der Waals surface area contributed by atoms with Crippen molar-refractivity contribution in [3.63, 3.8) is 0 Å². The van der Waals surface area contributed by atoms with Crippen LogP contribution in [0.2, 0.25) is 10.0 Å². The Bertz CT molecular complexity index is 1180. The van der Waals surface area contributed by atoms with Gasteiger partial charge in [0.1, 0.15) is 0 Å². The monoisotopic (exact) mass is 462 g/mol. The lowest BCUT2D eigenvalue weighted by Gasteiger charge is -2.09. The van der Waals surface area contributed by atoms with E-state index in [1.807, 2.05) is 0 Å². The molecule has 1 amide bonds. The van der Waals surface area contributed by atoms with Crippen molar-refractivity contribution >= 4 is 50.6 Å². The first-order valence-electron chi connectivity index (χ1n) is 8.70. The normalized spacial score (nSPS) is 11.1. The van der Waals surface area contributed by atoms with Crippen LogP contribution < -0.4 is 10.0 Å². The molecule has 0 aliphatic heterocycles. The number of carbonyl (C=O) groups excluding carboxylic acids is 2. The van der Waals surface area contributed by atoms with E-state index in [0.29, 0.717) is 16.3 Å². The van der Waals surface area contributed by atoms with Gasteiger partial charge in [0.15, 0.2) is 5.78 Å². The summed E-state index contributed by atoms with van der Waals surface area (Å²) < 4.78 is 27.1. The smallest absolute Gasteiger partial charge is 0.257 e. The van der Waals surface area contributed by atoms with Crippen LogP contribution in [0.3, 0.4) is 0 Å². The minimum absolute atomic E-state index is 0.0362. The molecule has 6 nitrogen and oxygen atoms in total. The first-order chi connectivity index (χ1) is 14.3. The quantitative estimate of drug-likeness (QED) is 0.508. The second kappa shape index (κ2) is 9.40. The van der Waals surface area contributed by atoms with Crippen LogP contribution in [-0.4, -0.2) is 26.7 Å². The molecule has 0 aromatic heterocycles. The fraction of sp³-hybridized carbons (Fsp3) is 0.0476. The molecule has 154 valence electrons. The average Bonchev–Trinajstić information content (AvgIpc) is 2.73. The molecule has 0 radical (unpaired) electrons. The molecule has 0 spiro atoms. The third-order valence-corrected chi connectivity index (χ3v) is 6.08. The maximum atomic E-state index is 12.4. The summed E-state index contributed by atoms with van der Waals surface area (Å²) in [6.45, 7) is -0.361. The van der Waals surface area contributed by atoms with Gasteiger partial charge in [0.05, 0.1) is 22.0 Å². The van der Waals surface area contributed by atoms with Gasteiger partial charge >= 0.3 is 0 Å². The standard InChI is InChI=1S/C21H16Cl2N2O4S/c22-15-6-11-18(19(23)12-15)21(27)25-16-7-9-17(10-8-16)30(28,29)24-13-20(26)14-4-2-1-3-5-14/h1-12,24H,13H2,(H,25,27). The number of rotatable bonds is 7. The van der Waals surface area contributed by atoms with E-state index in [2.05, 4.69) is 10.0 Å². The lowest BCUT2D eigenvalue weighted by molar-refractivity contribution is 0.0994. The highest BCUT2D eigenvalue weighted by Crippen LogP contribution is 2.22. The Hall–Kier alpha value is -2.71. The number of hydrogen-bond donors (Lipinski definition) is 2. The van der Waals surface area contributed by atoms with Crippen molar-refractivity contribution in [2.45, 2.75) is 4.90 Å². The molecule has 3 aromatic carbocycles. The molecule has 0 heterocycles. The zero-order valence-electron chi connectivity index (χ0n) is 15.4. The number of amides is 1. The van der Waals surface area contributed by atoms with E-state index in [1.165, 1.54) is 36.4 Å². The van der Waals surface area contributed by atoms with Crippen molar-refractivity contribution in [2.24, 2.45) is 0 Å². The fourth-order valence-electron chi connectivity index (χ4n) is 2.56. The predicted octanol–water partition coefficient (Wildman–Crippen LogP) is 4.41. The lowest BCUT2D eigenvalue weighted by Crippen LogP contribution is -2.29. The summed E-state index contributed by atoms with van der Waals surface area (Å²) in [7, 11) is -3.89. The van der Waals surface area contributed by atoms with Crippen molar-refractivity contribution < 1.29 is 18.0 Å². The molecule has 0 saturated carbocycles. The number of ketones is 1. The van der Waals surface area contributed by atoms with Crippen LogP contribution in [0.1, 0.15) is 20.7 Å². The number of hydrogen-bond acceptors (Lipinski definition) is 4. The van der Waals surface area contributed by atoms with E-state index in [1.54, 1.807) is 36.4 Å². The highest BCUT2D eigenvalue weighted by atomic mass is 35.5. The number of sulfonamides is 1. The summed E-state index contributed by atoms with van der Waals surface area (Å²) in [5.74, 6) is -0.804. The highest BCUT2D eigenvalue weighted by molar-refractivity contribution is 7.89. The Morgan fingerprint density at radius 1 is 0.867 bits per heavy atom. The first-order valence-corrected chi connectivity index (χ1v) is 10.9. The summed E-state index contributed by atoms with van der Waals surface area (Å²) >= 11 is 11.8. The SMILES string of the molecule is O=C(CNS(=O)(=O)c1ccc(NC(=O)c2ccc(Cl)cc2Cl)cc1)c1ccccc1. The van der Waals surface area contributed by atoms with Crippen LogP contribution >= 0.6 is 23.2 Å². The summed E-state index contributed by atoms with van der Waals surface area (Å²) in [4.78, 5) is 24.4. The van der Waals surface area contributed by atoms with Gasteiger partial charge in [0.25, 0.3) is 5.91 Å². The molecule has 2 N–H and O–H groups in total. The third kappa shape index (κ3) is 5.46. The number of carbonyl (C=O) groups is 2. The van der Waals surface area contributed by atoms with Gasteiger partial charge in [0.2, 0.25) is 10.0 Å². The van der Waals surface area contributed by atoms with Crippen molar-refractivity contribution in [1.29, 1.82) is 0 Å². The minimum Gasteiger partial charge on any atom is -0.322 e. The summed E-state index contributed by atoms with van der Waals surface area (Å²) in [5, 5.41) is 3.24. The Kier molecular flexibility index (Phi) is 6.89. The topological polar surface area (TPSA) is 92.3 Å². The van der Waals surface area contributed by atoms with Crippen LogP contribution in [0.25, 0.3) is 0 Å². The zero-order valence-corrected chi connectivity index (χ0v) is 17.8. The largest absolute Gasteiger partial charge is 0.322 e. The van der Waals surface area contributed by atoms with Crippen LogP contribution in [0.15, 0.2) is 77.7 Å². The lowest BCUT2D eigenvalue weighted by atomic mass is 10.1. The van der Waals surface area contributed by atoms with Crippen molar-refractivity contribution in [1.82, 2.24) is 4.72 Å². The predicted molar refractivity (Wildman–Crippen MR) is 117 cm³/mol. The Morgan fingerprint density at radius 2 is 1.53 bits per heavy atom. The van der Waals surface area contributed by atoms with E-state index >= 15 is 0 Å². The molecule has 9 heteroatoms. The molecule has 0 aliphatic carbocycles. The van der Waals surface area contributed by atoms with Crippen LogP contribution in [0.4, 0.5) is 5.69 Å². The fourth-order valence-corrected chi connectivity index (χ4v) is 4.04. The van der Waals surface area contributed by atoms with Gasteiger partial charge < -0.3 is 5.32 Å². The van der Waals surface area contributed by atoms with Crippen molar-refractivity contribution in [3.05, 3.63) is 94.0 Å². The number of anilines is 1. The molecule has 0 aliphatic rings. The van der Waals surface area contributed by atoms with Gasteiger partial charge in [-0.15, -0.1) is 0 Å². The molecule has 0 atom stereocenters. The van der Waals surface area contributed by atoms with Crippen LogP contribution in [0, 0.1) is 0 Å². The molecule has 0 unspecified atom stereocenters. The van der Waals surface area contributed by atoms with Gasteiger partial charge in [-0.3, -0.25) is 9.59 Å². The molecular weight excluding hydrogens is 447 g/mol. The summed E-state index contributed by atoms with van der Waals surface area (Å²) in [6.07, 6.45) is 0. The van der Waals surface area contributed by atoms with Crippen LogP contribution in [0.5, 0.6) is 0 Å². The Labute approximate surface area is 183 Å². The Balaban J connectivity index is 1.65. The van der Waals surface area contributed by atoms with Crippen LogP contribution in [-0.2, 0) is 10.0 Å². The summed E-state index contributed by atoms with van der Waals surface area (Å²) in [5.41, 5.74) is 1.03. The van der Waals surface area contributed by atoms with Gasteiger partial charge in [-0.2, -0.15) is 0 Å². The third-order valence-electron chi connectivity index (χ3n) is 4.12. The van der Waals surface area contributed by atoms with Gasteiger partial charge in [0, 0.05) is 16.3 Å². The van der Waals surface area contributed by atoms with Crippen molar-refractivity contribution in [2.75, 3.05) is 11.9 Å². The molecule has 3 aromatic rings. The van der Waals surface area contributed by atoms with Crippen molar-refractivity contribution in [3.8, 4) is 0 Å². The molecule has 0 saturated heterocycles. The molecular formula is C21H16Cl2N2O4S. The maximum absolute atomic E-state index is 12.4. The molecule has 0 fully saturated rings. The minimum atomic E-state index is -3.89.